The van der Waals surface area contributed by atoms with Gasteiger partial charge in [0, 0.05) is 26.2 Å². The van der Waals surface area contributed by atoms with E-state index in [0.29, 0.717) is 29.5 Å². The Morgan fingerprint density at radius 2 is 1.84 bits per heavy atom. The van der Waals surface area contributed by atoms with Crippen LogP contribution in [-0.4, -0.2) is 78.0 Å². The largest absolute Gasteiger partial charge is 0.447 e. The van der Waals surface area contributed by atoms with Gasteiger partial charge in [0.2, 0.25) is 0 Å². The zero-order valence-electron chi connectivity index (χ0n) is 22.3. The summed E-state index contributed by atoms with van der Waals surface area (Å²) >= 11 is 0. The molecule has 11 nitrogen and oxygen atoms in total. The monoisotopic (exact) mass is 521 g/mol. The van der Waals surface area contributed by atoms with Crippen LogP contribution >= 0.6 is 0 Å². The smallest absolute Gasteiger partial charge is 0.416 e. The zero-order chi connectivity index (χ0) is 26.5. The SMILES string of the molecule is C[C@@H]1CN(c2cccc(NC(=O)c3ncc(N4C(=O)OCC4(C)C)nc3N3CCC4(CC3)CC4)n2)CCO1. The van der Waals surface area contributed by atoms with Crippen LogP contribution < -0.4 is 20.0 Å². The van der Waals surface area contributed by atoms with Crippen molar-refractivity contribution in [1.29, 1.82) is 0 Å². The third kappa shape index (κ3) is 4.75. The highest BCUT2D eigenvalue weighted by atomic mass is 16.6. The maximum atomic E-state index is 13.6. The van der Waals surface area contributed by atoms with E-state index in [4.69, 9.17) is 14.5 Å². The highest BCUT2D eigenvalue weighted by Gasteiger charge is 2.46. The minimum Gasteiger partial charge on any atom is -0.447 e. The summed E-state index contributed by atoms with van der Waals surface area (Å²) in [6, 6.07) is 5.59. The Hall–Kier alpha value is -3.47. The van der Waals surface area contributed by atoms with Crippen LogP contribution in [0.1, 0.15) is 56.9 Å². The number of amides is 2. The first-order chi connectivity index (χ1) is 18.2. The van der Waals surface area contributed by atoms with E-state index >= 15 is 0 Å². The van der Waals surface area contributed by atoms with Crippen LogP contribution in [0.5, 0.6) is 0 Å². The molecule has 6 rings (SSSR count). The zero-order valence-corrected chi connectivity index (χ0v) is 22.3. The third-order valence-electron chi connectivity index (χ3n) is 8.14. The highest BCUT2D eigenvalue weighted by molar-refractivity contribution is 6.06. The molecule has 0 aromatic carbocycles. The number of nitrogens with one attached hydrogen (secondary N) is 1. The number of pyridine rings is 1. The molecule has 4 fully saturated rings. The molecule has 1 N–H and O–H groups in total. The van der Waals surface area contributed by atoms with E-state index in [1.165, 1.54) is 23.9 Å². The van der Waals surface area contributed by atoms with Gasteiger partial charge in [0.15, 0.2) is 17.3 Å². The van der Waals surface area contributed by atoms with Gasteiger partial charge in [-0.1, -0.05) is 6.07 Å². The number of carbonyl (C=O) groups is 2. The second kappa shape index (κ2) is 9.37. The van der Waals surface area contributed by atoms with E-state index in [-0.39, 0.29) is 24.3 Å². The molecule has 38 heavy (non-hydrogen) atoms. The summed E-state index contributed by atoms with van der Waals surface area (Å²) in [5, 5.41) is 2.93. The van der Waals surface area contributed by atoms with Crippen molar-refractivity contribution in [3.63, 3.8) is 0 Å². The Balaban J connectivity index is 1.28. The number of hydrogen-bond acceptors (Lipinski definition) is 9. The van der Waals surface area contributed by atoms with Gasteiger partial charge in [-0.05, 0) is 64.0 Å². The lowest BCUT2D eigenvalue weighted by Crippen LogP contribution is -2.43. The summed E-state index contributed by atoms with van der Waals surface area (Å²) in [5.74, 6) is 1.74. The van der Waals surface area contributed by atoms with Gasteiger partial charge in [-0.2, -0.15) is 0 Å². The number of carbonyl (C=O) groups excluding carboxylic acids is 2. The van der Waals surface area contributed by atoms with Gasteiger partial charge < -0.3 is 24.6 Å². The van der Waals surface area contributed by atoms with Crippen LogP contribution in [0.4, 0.5) is 28.1 Å². The number of rotatable bonds is 5. The molecule has 0 bridgehead atoms. The maximum absolute atomic E-state index is 13.6. The van der Waals surface area contributed by atoms with E-state index < -0.39 is 11.6 Å². The van der Waals surface area contributed by atoms with E-state index in [1.54, 1.807) is 6.07 Å². The number of anilines is 4. The number of ether oxygens (including phenoxy) is 2. The van der Waals surface area contributed by atoms with Gasteiger partial charge >= 0.3 is 6.09 Å². The normalized spacial score (nSPS) is 23.9. The maximum Gasteiger partial charge on any atom is 0.416 e. The molecule has 1 atom stereocenters. The fourth-order valence-electron chi connectivity index (χ4n) is 5.62. The standard InChI is InChI=1S/C27H35N7O4/c1-18-16-33(13-14-37-18)20-6-4-5-19(29-20)30-24(35)22-23(32-11-9-27(7-8-27)10-12-32)31-21(15-28-22)34-25(36)38-17-26(34,2)3/h4-6,15,18H,7-14,16-17H2,1-3H3,(H,29,30,35)/t18-/m1/s1. The van der Waals surface area contributed by atoms with Crippen molar-refractivity contribution in [2.24, 2.45) is 5.41 Å². The van der Waals surface area contributed by atoms with Crippen LogP contribution in [0.3, 0.4) is 0 Å². The molecular formula is C27H35N7O4. The third-order valence-corrected chi connectivity index (χ3v) is 8.14. The summed E-state index contributed by atoms with van der Waals surface area (Å²) in [6.45, 7) is 9.88. The van der Waals surface area contributed by atoms with Crippen LogP contribution in [-0.2, 0) is 9.47 Å². The van der Waals surface area contributed by atoms with Gasteiger partial charge in [0.05, 0.1) is 24.4 Å². The average Bonchev–Trinajstić information content (AvgIpc) is 3.60. The van der Waals surface area contributed by atoms with Crippen molar-refractivity contribution in [2.45, 2.75) is 58.1 Å². The Kier molecular flexibility index (Phi) is 6.13. The first kappa shape index (κ1) is 24.8. The Morgan fingerprint density at radius 1 is 1.05 bits per heavy atom. The molecule has 2 amide bonds. The number of morpholine rings is 1. The molecule has 2 aromatic heterocycles. The number of aromatic nitrogens is 3. The summed E-state index contributed by atoms with van der Waals surface area (Å²) in [4.78, 5) is 46.0. The Labute approximate surface area is 222 Å². The molecule has 3 aliphatic heterocycles. The van der Waals surface area contributed by atoms with Crippen molar-refractivity contribution < 1.29 is 19.1 Å². The minimum absolute atomic E-state index is 0.123. The molecule has 11 heteroatoms. The molecule has 2 aromatic rings. The molecule has 1 aliphatic carbocycles. The van der Waals surface area contributed by atoms with Crippen molar-refractivity contribution in [3.8, 4) is 0 Å². The number of piperidine rings is 1. The molecule has 4 aliphatic rings. The summed E-state index contributed by atoms with van der Waals surface area (Å²) in [5.41, 5.74) is 0.123. The second-order valence-electron chi connectivity index (χ2n) is 11.6. The fourth-order valence-corrected chi connectivity index (χ4v) is 5.62. The molecule has 202 valence electrons. The second-order valence-corrected chi connectivity index (χ2v) is 11.6. The lowest BCUT2D eigenvalue weighted by Gasteiger charge is -2.34. The number of cyclic esters (lactones) is 1. The lowest BCUT2D eigenvalue weighted by molar-refractivity contribution is 0.0529. The topological polar surface area (TPSA) is 113 Å². The van der Waals surface area contributed by atoms with Crippen LogP contribution in [0.15, 0.2) is 24.4 Å². The fraction of sp³-hybridized carbons (Fsp3) is 0.593. The van der Waals surface area contributed by atoms with Crippen molar-refractivity contribution in [3.05, 3.63) is 30.1 Å². The number of hydrogen-bond donors (Lipinski definition) is 1. The van der Waals surface area contributed by atoms with E-state index in [1.807, 2.05) is 32.9 Å². The van der Waals surface area contributed by atoms with Gasteiger partial charge in [0.1, 0.15) is 18.2 Å². The molecule has 0 radical (unpaired) electrons. The average molecular weight is 522 g/mol. The first-order valence-corrected chi connectivity index (χ1v) is 13.5. The van der Waals surface area contributed by atoms with E-state index in [0.717, 1.165) is 44.8 Å². The molecule has 1 saturated carbocycles. The number of nitrogens with zero attached hydrogens (tertiary/aromatic N) is 6. The predicted molar refractivity (Wildman–Crippen MR) is 143 cm³/mol. The van der Waals surface area contributed by atoms with Gasteiger partial charge in [-0.25, -0.2) is 19.7 Å². The predicted octanol–water partition coefficient (Wildman–Crippen LogP) is 3.46. The van der Waals surface area contributed by atoms with Gasteiger partial charge in [0.25, 0.3) is 5.91 Å². The van der Waals surface area contributed by atoms with Crippen molar-refractivity contribution in [2.75, 3.05) is 59.4 Å². The van der Waals surface area contributed by atoms with Gasteiger partial charge in [-0.15, -0.1) is 0 Å². The van der Waals surface area contributed by atoms with Crippen LogP contribution in [0, 0.1) is 5.41 Å². The minimum atomic E-state index is -0.561. The van der Waals surface area contributed by atoms with Gasteiger partial charge in [-0.3, -0.25) is 9.69 Å². The van der Waals surface area contributed by atoms with E-state index in [2.05, 4.69) is 25.1 Å². The summed E-state index contributed by atoms with van der Waals surface area (Å²) in [6.07, 6.45) is 5.84. The Morgan fingerprint density at radius 3 is 2.53 bits per heavy atom. The molecule has 0 unspecified atom stereocenters. The van der Waals surface area contributed by atoms with Crippen molar-refractivity contribution >= 4 is 35.3 Å². The van der Waals surface area contributed by atoms with Crippen LogP contribution in [0.2, 0.25) is 0 Å². The molecule has 1 spiro atoms. The lowest BCUT2D eigenvalue weighted by atomic mass is 9.93. The molecule has 5 heterocycles. The quantitative estimate of drug-likeness (QED) is 0.632. The summed E-state index contributed by atoms with van der Waals surface area (Å²) < 4.78 is 10.9. The first-order valence-electron chi connectivity index (χ1n) is 13.5. The van der Waals surface area contributed by atoms with Crippen molar-refractivity contribution in [1.82, 2.24) is 15.0 Å². The van der Waals surface area contributed by atoms with Crippen LogP contribution in [0.25, 0.3) is 0 Å². The van der Waals surface area contributed by atoms with E-state index in [9.17, 15) is 9.59 Å². The molecular weight excluding hydrogens is 486 g/mol. The summed E-state index contributed by atoms with van der Waals surface area (Å²) in [7, 11) is 0. The Bertz CT molecular complexity index is 1240. The molecule has 3 saturated heterocycles. The highest BCUT2D eigenvalue weighted by Crippen LogP contribution is 2.54.